The van der Waals surface area contributed by atoms with E-state index in [0.717, 1.165) is 0 Å². The Labute approximate surface area is 113 Å². The van der Waals surface area contributed by atoms with Crippen LogP contribution >= 0.6 is 0 Å². The van der Waals surface area contributed by atoms with E-state index in [-0.39, 0.29) is 0 Å². The lowest BCUT2D eigenvalue weighted by Crippen LogP contribution is -1.86. The van der Waals surface area contributed by atoms with Crippen LogP contribution in [-0.4, -0.2) is 4.98 Å². The number of nitrogens with zero attached hydrogens (tertiary/aromatic N) is 1. The number of hydrogen-bond acceptors (Lipinski definition) is 1. The van der Waals surface area contributed by atoms with Gasteiger partial charge in [-0.1, -0.05) is 60.2 Å². The Morgan fingerprint density at radius 1 is 0.684 bits per heavy atom. The van der Waals surface area contributed by atoms with Gasteiger partial charge in [0.25, 0.3) is 0 Å². The van der Waals surface area contributed by atoms with Gasteiger partial charge in [-0.2, -0.15) is 0 Å². The van der Waals surface area contributed by atoms with Crippen LogP contribution in [0.5, 0.6) is 0 Å². The molecule has 0 aliphatic carbocycles. The van der Waals surface area contributed by atoms with E-state index in [4.69, 9.17) is 0 Å². The molecule has 3 aromatic rings. The largest absolute Gasteiger partial charge is 0.264 e. The van der Waals surface area contributed by atoms with E-state index in [1.54, 1.807) is 0 Å². The van der Waals surface area contributed by atoms with Crippen LogP contribution in [0.25, 0.3) is 22.3 Å². The van der Waals surface area contributed by atoms with Gasteiger partial charge in [0.2, 0.25) is 0 Å². The van der Waals surface area contributed by atoms with Crippen LogP contribution in [0.4, 0.5) is 0 Å². The van der Waals surface area contributed by atoms with Gasteiger partial charge in [0.05, 0.1) is 0 Å². The second-order valence-electron chi connectivity index (χ2n) is 4.65. The van der Waals surface area contributed by atoms with Gasteiger partial charge in [-0.25, -0.2) is 0 Å². The number of benzene rings is 2. The summed E-state index contributed by atoms with van der Waals surface area (Å²) >= 11 is 0. The zero-order valence-corrected chi connectivity index (χ0v) is 10.9. The van der Waals surface area contributed by atoms with Crippen LogP contribution in [0.1, 0.15) is 5.56 Å². The summed E-state index contributed by atoms with van der Waals surface area (Å²) in [6, 6.07) is 21.1. The third kappa shape index (κ3) is 2.41. The minimum absolute atomic E-state index is 1.17. The highest BCUT2D eigenvalue weighted by molar-refractivity contribution is 5.82. The van der Waals surface area contributed by atoms with Gasteiger partial charge in [0, 0.05) is 18.0 Å². The van der Waals surface area contributed by atoms with Crippen LogP contribution in [0.15, 0.2) is 73.1 Å². The predicted molar refractivity (Wildman–Crippen MR) is 79.8 cm³/mol. The van der Waals surface area contributed by atoms with Gasteiger partial charge in [0.1, 0.15) is 0 Å². The third-order valence-electron chi connectivity index (χ3n) is 3.27. The summed E-state index contributed by atoms with van der Waals surface area (Å²) in [4.78, 5) is 4.27. The molecule has 0 fully saturated rings. The molecule has 0 aliphatic heterocycles. The first-order valence-electron chi connectivity index (χ1n) is 6.41. The fourth-order valence-corrected chi connectivity index (χ4v) is 2.23. The lowest BCUT2D eigenvalue weighted by Gasteiger charge is -2.09. The van der Waals surface area contributed by atoms with Gasteiger partial charge >= 0.3 is 0 Å². The maximum absolute atomic E-state index is 4.27. The smallest absolute Gasteiger partial charge is 0.0352 e. The SMILES string of the molecule is Cc1ccc(-c2cnccc2-c2ccccc2)cc1. The lowest BCUT2D eigenvalue weighted by molar-refractivity contribution is 1.33. The number of aryl methyl sites for hydroxylation is 1. The zero-order chi connectivity index (χ0) is 13.1. The molecule has 0 amide bonds. The molecule has 0 N–H and O–H groups in total. The molecule has 92 valence electrons. The average Bonchev–Trinajstić information content (AvgIpc) is 2.49. The summed E-state index contributed by atoms with van der Waals surface area (Å²) in [5.41, 5.74) is 6.10. The molecule has 1 heteroatoms. The molecule has 2 aromatic carbocycles. The Morgan fingerprint density at radius 2 is 1.37 bits per heavy atom. The summed E-state index contributed by atoms with van der Waals surface area (Å²) in [6.45, 7) is 2.10. The standard InChI is InChI=1S/C18H15N/c1-14-7-9-16(10-8-14)18-13-19-12-11-17(18)15-5-3-2-4-6-15/h2-13H,1H3. The summed E-state index contributed by atoms with van der Waals surface area (Å²) in [7, 11) is 0. The molecule has 3 rings (SSSR count). The van der Waals surface area contributed by atoms with E-state index in [2.05, 4.69) is 66.5 Å². The highest BCUT2D eigenvalue weighted by atomic mass is 14.6. The van der Waals surface area contributed by atoms with Gasteiger partial charge in [-0.3, -0.25) is 4.98 Å². The maximum Gasteiger partial charge on any atom is 0.0352 e. The van der Waals surface area contributed by atoms with E-state index in [9.17, 15) is 0 Å². The maximum atomic E-state index is 4.27. The normalized spacial score (nSPS) is 10.4. The molecule has 1 heterocycles. The highest BCUT2D eigenvalue weighted by Crippen LogP contribution is 2.31. The number of pyridine rings is 1. The van der Waals surface area contributed by atoms with Crippen molar-refractivity contribution in [3.05, 3.63) is 78.6 Å². The molecule has 0 aliphatic rings. The summed E-state index contributed by atoms with van der Waals surface area (Å²) < 4.78 is 0. The Morgan fingerprint density at radius 3 is 2.11 bits per heavy atom. The van der Waals surface area contributed by atoms with Crippen LogP contribution in [0.3, 0.4) is 0 Å². The number of rotatable bonds is 2. The Hall–Kier alpha value is -2.41. The summed E-state index contributed by atoms with van der Waals surface area (Å²) in [5.74, 6) is 0. The molecule has 1 nitrogen and oxygen atoms in total. The fourth-order valence-electron chi connectivity index (χ4n) is 2.23. The van der Waals surface area contributed by atoms with Crippen LogP contribution in [-0.2, 0) is 0 Å². The molecule has 1 aromatic heterocycles. The van der Waals surface area contributed by atoms with Crippen LogP contribution in [0.2, 0.25) is 0 Å². The quantitative estimate of drug-likeness (QED) is 0.636. The first-order valence-corrected chi connectivity index (χ1v) is 6.41. The molecule has 0 bridgehead atoms. The topological polar surface area (TPSA) is 12.9 Å². The Balaban J connectivity index is 2.15. The van der Waals surface area contributed by atoms with Crippen LogP contribution in [0, 0.1) is 6.92 Å². The van der Waals surface area contributed by atoms with Crippen molar-refractivity contribution in [1.29, 1.82) is 0 Å². The zero-order valence-electron chi connectivity index (χ0n) is 10.9. The van der Waals surface area contributed by atoms with E-state index in [1.165, 1.54) is 27.8 Å². The van der Waals surface area contributed by atoms with Crippen molar-refractivity contribution in [2.24, 2.45) is 0 Å². The second-order valence-corrected chi connectivity index (χ2v) is 4.65. The Bertz CT molecular complexity index is 670. The van der Waals surface area contributed by atoms with E-state index < -0.39 is 0 Å². The highest BCUT2D eigenvalue weighted by Gasteiger charge is 2.06. The van der Waals surface area contributed by atoms with Gasteiger partial charge in [0.15, 0.2) is 0 Å². The molecule has 0 atom stereocenters. The minimum atomic E-state index is 1.17. The van der Waals surface area contributed by atoms with Crippen molar-refractivity contribution in [2.75, 3.05) is 0 Å². The van der Waals surface area contributed by atoms with Gasteiger partial charge < -0.3 is 0 Å². The molecular formula is C18H15N. The van der Waals surface area contributed by atoms with E-state index in [1.807, 2.05) is 18.5 Å². The molecule has 0 radical (unpaired) electrons. The predicted octanol–water partition coefficient (Wildman–Crippen LogP) is 4.72. The average molecular weight is 245 g/mol. The Kier molecular flexibility index (Phi) is 3.11. The summed E-state index contributed by atoms with van der Waals surface area (Å²) in [6.07, 6.45) is 3.78. The molecule has 0 spiro atoms. The van der Waals surface area contributed by atoms with Crippen molar-refractivity contribution >= 4 is 0 Å². The third-order valence-corrected chi connectivity index (χ3v) is 3.27. The molecule has 0 unspecified atom stereocenters. The number of aromatic nitrogens is 1. The van der Waals surface area contributed by atoms with E-state index in [0.29, 0.717) is 0 Å². The molecule has 0 saturated heterocycles. The molecule has 19 heavy (non-hydrogen) atoms. The molecular weight excluding hydrogens is 230 g/mol. The van der Waals surface area contributed by atoms with Crippen molar-refractivity contribution in [3.63, 3.8) is 0 Å². The minimum Gasteiger partial charge on any atom is -0.264 e. The first kappa shape index (κ1) is 11.7. The first-order chi connectivity index (χ1) is 9.34. The van der Waals surface area contributed by atoms with Gasteiger partial charge in [-0.05, 0) is 29.7 Å². The monoisotopic (exact) mass is 245 g/mol. The second kappa shape index (κ2) is 5.07. The fraction of sp³-hybridized carbons (Fsp3) is 0.0556. The summed E-state index contributed by atoms with van der Waals surface area (Å²) in [5, 5.41) is 0. The van der Waals surface area contributed by atoms with Crippen molar-refractivity contribution < 1.29 is 0 Å². The van der Waals surface area contributed by atoms with Crippen molar-refractivity contribution in [2.45, 2.75) is 6.92 Å². The van der Waals surface area contributed by atoms with Crippen molar-refractivity contribution in [1.82, 2.24) is 4.98 Å². The molecule has 0 saturated carbocycles. The van der Waals surface area contributed by atoms with Crippen LogP contribution < -0.4 is 0 Å². The van der Waals surface area contributed by atoms with Gasteiger partial charge in [-0.15, -0.1) is 0 Å². The van der Waals surface area contributed by atoms with Crippen molar-refractivity contribution in [3.8, 4) is 22.3 Å². The lowest BCUT2D eigenvalue weighted by atomic mass is 9.96. The number of hydrogen-bond donors (Lipinski definition) is 0. The van der Waals surface area contributed by atoms with E-state index >= 15 is 0 Å².